The molecule has 1 atom stereocenters. The number of likely N-dealkylation sites (N-methyl/N-ethyl adjacent to an activating group) is 1. The van der Waals surface area contributed by atoms with Crippen LogP contribution >= 0.6 is 11.6 Å². The fraction of sp³-hybridized carbons (Fsp3) is 0.391. The van der Waals surface area contributed by atoms with Gasteiger partial charge < -0.3 is 15.0 Å². The van der Waals surface area contributed by atoms with E-state index in [1.807, 2.05) is 38.1 Å². The Bertz CT molecular complexity index is 791. The van der Waals surface area contributed by atoms with Crippen LogP contribution in [-0.2, 0) is 16.1 Å². The average molecular weight is 417 g/mol. The Labute approximate surface area is 178 Å². The van der Waals surface area contributed by atoms with Gasteiger partial charge in [-0.1, -0.05) is 48.4 Å². The van der Waals surface area contributed by atoms with Crippen LogP contribution in [0.3, 0.4) is 0 Å². The second-order valence-electron chi connectivity index (χ2n) is 6.95. The summed E-state index contributed by atoms with van der Waals surface area (Å²) in [5.41, 5.74) is 2.16. The van der Waals surface area contributed by atoms with Crippen molar-refractivity contribution in [3.05, 3.63) is 64.7 Å². The van der Waals surface area contributed by atoms with Crippen LogP contribution in [0.15, 0.2) is 48.5 Å². The monoisotopic (exact) mass is 416 g/mol. The molecule has 0 heterocycles. The molecule has 156 valence electrons. The second kappa shape index (κ2) is 11.5. The van der Waals surface area contributed by atoms with Crippen molar-refractivity contribution in [3.63, 3.8) is 0 Å². The first-order valence-corrected chi connectivity index (χ1v) is 10.3. The molecule has 0 aliphatic heterocycles. The van der Waals surface area contributed by atoms with E-state index >= 15 is 0 Å². The maximum Gasteiger partial charge on any atom is 0.242 e. The summed E-state index contributed by atoms with van der Waals surface area (Å²) < 4.78 is 5.67. The van der Waals surface area contributed by atoms with E-state index in [1.165, 1.54) is 0 Å². The molecule has 1 N–H and O–H groups in total. The van der Waals surface area contributed by atoms with Crippen molar-refractivity contribution < 1.29 is 14.3 Å². The average Bonchev–Trinajstić information content (AvgIpc) is 2.73. The maximum absolute atomic E-state index is 13.0. The van der Waals surface area contributed by atoms with E-state index < -0.39 is 6.04 Å². The molecule has 29 heavy (non-hydrogen) atoms. The molecule has 2 amide bonds. The van der Waals surface area contributed by atoms with Gasteiger partial charge in [0.25, 0.3) is 0 Å². The van der Waals surface area contributed by atoms with E-state index in [-0.39, 0.29) is 11.8 Å². The number of ether oxygens (including phenoxy) is 1. The lowest BCUT2D eigenvalue weighted by Gasteiger charge is -2.30. The van der Waals surface area contributed by atoms with Crippen molar-refractivity contribution in [2.45, 2.75) is 45.7 Å². The first kappa shape index (κ1) is 22.8. The van der Waals surface area contributed by atoms with Gasteiger partial charge in [0.15, 0.2) is 0 Å². The molecular weight excluding hydrogens is 388 g/mol. The lowest BCUT2D eigenvalue weighted by molar-refractivity contribution is -0.141. The number of hydrogen-bond donors (Lipinski definition) is 1. The molecule has 0 bridgehead atoms. The normalized spacial score (nSPS) is 11.6. The summed E-state index contributed by atoms with van der Waals surface area (Å²) in [4.78, 5) is 27.0. The van der Waals surface area contributed by atoms with Gasteiger partial charge in [-0.2, -0.15) is 0 Å². The zero-order chi connectivity index (χ0) is 21.2. The summed E-state index contributed by atoms with van der Waals surface area (Å²) >= 11 is 5.87. The van der Waals surface area contributed by atoms with Gasteiger partial charge in [0, 0.05) is 25.0 Å². The predicted molar refractivity (Wildman–Crippen MR) is 116 cm³/mol. The van der Waals surface area contributed by atoms with Gasteiger partial charge in [0.1, 0.15) is 11.8 Å². The minimum absolute atomic E-state index is 0.0549. The number of halogens is 1. The van der Waals surface area contributed by atoms with Crippen molar-refractivity contribution in [1.82, 2.24) is 10.2 Å². The number of nitrogens with zero attached hydrogens (tertiary/aromatic N) is 1. The minimum atomic E-state index is -0.494. The molecule has 2 aromatic carbocycles. The van der Waals surface area contributed by atoms with E-state index in [0.717, 1.165) is 16.9 Å². The smallest absolute Gasteiger partial charge is 0.242 e. The number of amides is 2. The first-order valence-electron chi connectivity index (χ1n) is 9.89. The summed E-state index contributed by atoms with van der Waals surface area (Å²) in [7, 11) is 1.60. The highest BCUT2D eigenvalue weighted by Gasteiger charge is 2.27. The van der Waals surface area contributed by atoms with Crippen LogP contribution in [0.1, 0.15) is 37.3 Å². The Kier molecular flexibility index (Phi) is 9.00. The maximum atomic E-state index is 13.0. The summed E-state index contributed by atoms with van der Waals surface area (Å²) in [6, 6.07) is 14.6. The topological polar surface area (TPSA) is 58.6 Å². The van der Waals surface area contributed by atoms with Crippen molar-refractivity contribution in [2.75, 3.05) is 13.7 Å². The highest BCUT2D eigenvalue weighted by atomic mass is 35.5. The third-order valence-corrected chi connectivity index (χ3v) is 4.98. The Morgan fingerprint density at radius 2 is 1.76 bits per heavy atom. The molecule has 5 nitrogen and oxygen atoms in total. The van der Waals surface area contributed by atoms with Crippen LogP contribution in [0, 0.1) is 6.92 Å². The highest BCUT2D eigenvalue weighted by Crippen LogP contribution is 2.17. The lowest BCUT2D eigenvalue weighted by Crippen LogP contribution is -2.48. The number of carbonyl (C=O) groups excluding carboxylic acids is 2. The van der Waals surface area contributed by atoms with Crippen molar-refractivity contribution in [1.29, 1.82) is 0 Å². The molecule has 0 fully saturated rings. The van der Waals surface area contributed by atoms with E-state index in [0.29, 0.717) is 37.4 Å². The molecule has 0 aromatic heterocycles. The number of aryl methyl sites for hydroxylation is 1. The van der Waals surface area contributed by atoms with Crippen LogP contribution in [0.5, 0.6) is 5.75 Å². The van der Waals surface area contributed by atoms with Gasteiger partial charge in [-0.15, -0.1) is 0 Å². The van der Waals surface area contributed by atoms with Crippen LogP contribution < -0.4 is 10.1 Å². The summed E-state index contributed by atoms with van der Waals surface area (Å²) in [5.74, 6) is 0.515. The van der Waals surface area contributed by atoms with Gasteiger partial charge in [-0.3, -0.25) is 9.59 Å². The predicted octanol–water partition coefficient (Wildman–Crippen LogP) is 4.36. The molecule has 0 saturated heterocycles. The highest BCUT2D eigenvalue weighted by molar-refractivity contribution is 6.30. The fourth-order valence-corrected chi connectivity index (χ4v) is 3.19. The quantitative estimate of drug-likeness (QED) is 0.585. The lowest BCUT2D eigenvalue weighted by atomic mass is 10.1. The molecule has 0 saturated carbocycles. The number of rotatable bonds is 10. The minimum Gasteiger partial charge on any atom is -0.494 e. The van der Waals surface area contributed by atoms with Gasteiger partial charge in [-0.05, 0) is 49.6 Å². The Balaban J connectivity index is 1.99. The van der Waals surface area contributed by atoms with Gasteiger partial charge in [0.2, 0.25) is 11.8 Å². The van der Waals surface area contributed by atoms with Crippen LogP contribution in [0.2, 0.25) is 5.02 Å². The molecule has 6 heteroatoms. The van der Waals surface area contributed by atoms with Gasteiger partial charge in [0.05, 0.1) is 6.61 Å². The van der Waals surface area contributed by atoms with Gasteiger partial charge >= 0.3 is 0 Å². The zero-order valence-electron chi connectivity index (χ0n) is 17.3. The standard InChI is InChI=1S/C23H29ClN2O3/c1-4-21(23(28)25-3)26(16-18-9-7-17(2)8-10-18)22(27)6-5-15-29-20-13-11-19(24)12-14-20/h7-14,21H,4-6,15-16H2,1-3H3,(H,25,28)/t21-/m1/s1. The van der Waals surface area contributed by atoms with Gasteiger partial charge in [-0.25, -0.2) is 0 Å². The molecule has 0 radical (unpaired) electrons. The number of nitrogens with one attached hydrogen (secondary N) is 1. The summed E-state index contributed by atoms with van der Waals surface area (Å²) in [5, 5.41) is 3.32. The molecule has 0 aliphatic rings. The molecule has 2 rings (SSSR count). The van der Waals surface area contributed by atoms with E-state index in [2.05, 4.69) is 5.32 Å². The third-order valence-electron chi connectivity index (χ3n) is 4.72. The molecule has 0 spiro atoms. The van der Waals surface area contributed by atoms with E-state index in [4.69, 9.17) is 16.3 Å². The zero-order valence-corrected chi connectivity index (χ0v) is 18.0. The number of hydrogen-bond acceptors (Lipinski definition) is 3. The van der Waals surface area contributed by atoms with Crippen molar-refractivity contribution in [3.8, 4) is 5.75 Å². The van der Waals surface area contributed by atoms with Crippen LogP contribution in [0.4, 0.5) is 0 Å². The second-order valence-corrected chi connectivity index (χ2v) is 7.39. The van der Waals surface area contributed by atoms with Crippen molar-refractivity contribution in [2.24, 2.45) is 0 Å². The largest absolute Gasteiger partial charge is 0.494 e. The molecular formula is C23H29ClN2O3. The van der Waals surface area contributed by atoms with Crippen LogP contribution in [0.25, 0.3) is 0 Å². The fourth-order valence-electron chi connectivity index (χ4n) is 3.06. The SMILES string of the molecule is CC[C@H](C(=O)NC)N(Cc1ccc(C)cc1)C(=O)CCCOc1ccc(Cl)cc1. The van der Waals surface area contributed by atoms with Crippen molar-refractivity contribution >= 4 is 23.4 Å². The molecule has 2 aromatic rings. The molecule has 0 aliphatic carbocycles. The van der Waals surface area contributed by atoms with Crippen LogP contribution in [-0.4, -0.2) is 36.4 Å². The molecule has 0 unspecified atom stereocenters. The Hall–Kier alpha value is -2.53. The summed E-state index contributed by atoms with van der Waals surface area (Å²) in [6.07, 6.45) is 1.43. The first-order chi connectivity index (χ1) is 13.9. The summed E-state index contributed by atoms with van der Waals surface area (Å²) in [6.45, 7) is 4.76. The van der Waals surface area contributed by atoms with E-state index in [1.54, 1.807) is 36.2 Å². The third kappa shape index (κ3) is 7.09. The number of carbonyl (C=O) groups is 2. The number of benzene rings is 2. The van der Waals surface area contributed by atoms with E-state index in [9.17, 15) is 9.59 Å². The Morgan fingerprint density at radius 1 is 1.10 bits per heavy atom. The Morgan fingerprint density at radius 3 is 2.34 bits per heavy atom.